The third-order valence-corrected chi connectivity index (χ3v) is 5.30. The molecule has 0 unspecified atom stereocenters. The summed E-state index contributed by atoms with van der Waals surface area (Å²) in [5.74, 6) is -0.858. The molecule has 1 aromatic heterocycles. The lowest BCUT2D eigenvalue weighted by Crippen LogP contribution is -2.25. The monoisotopic (exact) mass is 361 g/mol. The molecule has 0 amide bonds. The summed E-state index contributed by atoms with van der Waals surface area (Å²) in [5.41, 5.74) is 1.65. The normalized spacial score (nSPS) is 13.2. The summed E-state index contributed by atoms with van der Waals surface area (Å²) < 4.78 is 5.14. The quantitative estimate of drug-likeness (QED) is 0.728. The number of carbonyl (C=O) groups is 2. The van der Waals surface area contributed by atoms with Crippen LogP contribution in [0.2, 0.25) is 0 Å². The van der Waals surface area contributed by atoms with E-state index in [1.54, 1.807) is 7.11 Å². The first-order chi connectivity index (χ1) is 11.9. The van der Waals surface area contributed by atoms with Gasteiger partial charge in [0.05, 0.1) is 18.7 Å². The van der Waals surface area contributed by atoms with Crippen LogP contribution in [0.15, 0.2) is 29.6 Å². The van der Waals surface area contributed by atoms with E-state index in [4.69, 9.17) is 4.74 Å². The molecule has 1 N–H and O–H groups in total. The molecule has 6 heteroatoms. The molecule has 1 aromatic carbocycles. The van der Waals surface area contributed by atoms with E-state index < -0.39 is 11.9 Å². The van der Waals surface area contributed by atoms with Crippen LogP contribution in [0.25, 0.3) is 10.6 Å². The van der Waals surface area contributed by atoms with Gasteiger partial charge in [-0.1, -0.05) is 20.3 Å². The van der Waals surface area contributed by atoms with E-state index in [9.17, 15) is 14.7 Å². The van der Waals surface area contributed by atoms with E-state index in [0.29, 0.717) is 5.69 Å². The highest BCUT2D eigenvalue weighted by Crippen LogP contribution is 2.26. The molecule has 0 aliphatic rings. The Labute approximate surface area is 151 Å². The number of carboxylic acids is 1. The standard InChI is InChI=1S/C19H23NO4S/c1-4-12(2)17(19(22)23)10-15(21)9-14-11-25-18(20-14)13-5-7-16(24-3)8-6-13/h5-8,11-12,17H,4,9-10H2,1-3H3,(H,22,23)/t12-,17+/m1/s1. The highest BCUT2D eigenvalue weighted by atomic mass is 32.1. The van der Waals surface area contributed by atoms with E-state index in [2.05, 4.69) is 4.98 Å². The molecule has 0 spiro atoms. The minimum atomic E-state index is -0.903. The second-order valence-electron chi connectivity index (χ2n) is 6.12. The summed E-state index contributed by atoms with van der Waals surface area (Å²) in [5, 5.41) is 12.0. The number of nitrogens with zero attached hydrogens (tertiary/aromatic N) is 1. The molecule has 2 aromatic rings. The van der Waals surface area contributed by atoms with Gasteiger partial charge in [-0.05, 0) is 30.2 Å². The molecule has 5 nitrogen and oxygen atoms in total. The predicted molar refractivity (Wildman–Crippen MR) is 98.0 cm³/mol. The first-order valence-corrected chi connectivity index (χ1v) is 9.15. The van der Waals surface area contributed by atoms with Gasteiger partial charge in [-0.25, -0.2) is 4.98 Å². The van der Waals surface area contributed by atoms with Gasteiger partial charge >= 0.3 is 5.97 Å². The van der Waals surface area contributed by atoms with Crippen LogP contribution in [0.4, 0.5) is 0 Å². The van der Waals surface area contributed by atoms with E-state index in [0.717, 1.165) is 22.7 Å². The van der Waals surface area contributed by atoms with Crippen molar-refractivity contribution in [3.05, 3.63) is 35.3 Å². The number of thiazole rings is 1. The average molecular weight is 361 g/mol. The van der Waals surface area contributed by atoms with E-state index >= 15 is 0 Å². The molecule has 0 aliphatic heterocycles. The summed E-state index contributed by atoms with van der Waals surface area (Å²) >= 11 is 1.47. The zero-order valence-corrected chi connectivity index (χ0v) is 15.5. The Morgan fingerprint density at radius 2 is 1.96 bits per heavy atom. The van der Waals surface area contributed by atoms with Crippen LogP contribution < -0.4 is 4.74 Å². The number of ketones is 1. The Morgan fingerprint density at radius 3 is 2.52 bits per heavy atom. The Hall–Kier alpha value is -2.21. The summed E-state index contributed by atoms with van der Waals surface area (Å²) in [6.07, 6.45) is 0.967. The molecule has 0 radical (unpaired) electrons. The number of methoxy groups -OCH3 is 1. The van der Waals surface area contributed by atoms with Crippen molar-refractivity contribution in [3.63, 3.8) is 0 Å². The van der Waals surface area contributed by atoms with Crippen LogP contribution in [-0.2, 0) is 16.0 Å². The smallest absolute Gasteiger partial charge is 0.307 e. The Bertz CT molecular complexity index is 723. The van der Waals surface area contributed by atoms with Gasteiger partial charge in [0, 0.05) is 23.8 Å². The number of aromatic nitrogens is 1. The van der Waals surface area contributed by atoms with Crippen LogP contribution in [-0.4, -0.2) is 29.0 Å². The first-order valence-electron chi connectivity index (χ1n) is 8.27. The van der Waals surface area contributed by atoms with Crippen molar-refractivity contribution in [1.29, 1.82) is 0 Å². The lowest BCUT2D eigenvalue weighted by Gasteiger charge is -2.17. The van der Waals surface area contributed by atoms with Crippen LogP contribution in [0.1, 0.15) is 32.4 Å². The van der Waals surface area contributed by atoms with Gasteiger partial charge in [-0.2, -0.15) is 0 Å². The number of hydrogen-bond donors (Lipinski definition) is 1. The number of rotatable bonds is 9. The van der Waals surface area contributed by atoms with E-state index in [-0.39, 0.29) is 24.5 Å². The van der Waals surface area contributed by atoms with Gasteiger partial charge < -0.3 is 9.84 Å². The molecular formula is C19H23NO4S. The van der Waals surface area contributed by atoms with Gasteiger partial charge in [0.25, 0.3) is 0 Å². The zero-order valence-electron chi connectivity index (χ0n) is 14.7. The van der Waals surface area contributed by atoms with Gasteiger partial charge in [-0.15, -0.1) is 11.3 Å². The van der Waals surface area contributed by atoms with Crippen molar-refractivity contribution < 1.29 is 19.4 Å². The van der Waals surface area contributed by atoms with Crippen LogP contribution in [0.3, 0.4) is 0 Å². The molecule has 0 aliphatic carbocycles. The number of ether oxygens (including phenoxy) is 1. The van der Waals surface area contributed by atoms with Crippen molar-refractivity contribution in [2.45, 2.75) is 33.1 Å². The number of Topliss-reactive ketones (excluding diaryl/α,β-unsaturated/α-hetero) is 1. The maximum absolute atomic E-state index is 12.3. The fraction of sp³-hybridized carbons (Fsp3) is 0.421. The third kappa shape index (κ3) is 5.13. The van der Waals surface area contributed by atoms with Crippen LogP contribution >= 0.6 is 11.3 Å². The van der Waals surface area contributed by atoms with Gasteiger partial charge in [0.15, 0.2) is 0 Å². The molecule has 25 heavy (non-hydrogen) atoms. The number of carbonyl (C=O) groups excluding carboxylic acids is 1. The molecule has 0 saturated heterocycles. The van der Waals surface area contributed by atoms with E-state index in [1.807, 2.05) is 43.5 Å². The second-order valence-corrected chi connectivity index (χ2v) is 6.98. The minimum absolute atomic E-state index is 0.0215. The molecule has 2 rings (SSSR count). The SMILES string of the molecule is CC[C@@H](C)[C@H](CC(=O)Cc1csc(-c2ccc(OC)cc2)n1)C(=O)O. The Morgan fingerprint density at radius 1 is 1.28 bits per heavy atom. The first kappa shape index (κ1) is 19.1. The van der Waals surface area contributed by atoms with Crippen LogP contribution in [0, 0.1) is 11.8 Å². The summed E-state index contributed by atoms with van der Waals surface area (Å²) in [7, 11) is 1.62. The highest BCUT2D eigenvalue weighted by Gasteiger charge is 2.26. The van der Waals surface area contributed by atoms with Gasteiger partial charge in [0.2, 0.25) is 0 Å². The zero-order chi connectivity index (χ0) is 18.4. The summed E-state index contributed by atoms with van der Waals surface area (Å²) in [4.78, 5) is 28.1. The maximum Gasteiger partial charge on any atom is 0.307 e. The maximum atomic E-state index is 12.3. The number of hydrogen-bond acceptors (Lipinski definition) is 5. The Balaban J connectivity index is 2.02. The lowest BCUT2D eigenvalue weighted by molar-refractivity contribution is -0.145. The molecule has 134 valence electrons. The molecule has 0 saturated carbocycles. The fourth-order valence-corrected chi connectivity index (χ4v) is 3.42. The number of carboxylic acid groups (broad SMARTS) is 1. The van der Waals surface area contributed by atoms with Crippen molar-refractivity contribution in [2.75, 3.05) is 7.11 Å². The van der Waals surface area contributed by atoms with Gasteiger partial charge in [-0.3, -0.25) is 9.59 Å². The third-order valence-electron chi connectivity index (χ3n) is 4.36. The van der Waals surface area contributed by atoms with Crippen LogP contribution in [0.5, 0.6) is 5.75 Å². The molecule has 0 fully saturated rings. The highest BCUT2D eigenvalue weighted by molar-refractivity contribution is 7.13. The van der Waals surface area contributed by atoms with Crippen molar-refractivity contribution in [2.24, 2.45) is 11.8 Å². The van der Waals surface area contributed by atoms with Crippen molar-refractivity contribution in [1.82, 2.24) is 4.98 Å². The molecular weight excluding hydrogens is 338 g/mol. The van der Waals surface area contributed by atoms with Crippen molar-refractivity contribution in [3.8, 4) is 16.3 Å². The fourth-order valence-electron chi connectivity index (χ4n) is 2.59. The Kier molecular flexibility index (Phi) is 6.70. The minimum Gasteiger partial charge on any atom is -0.497 e. The predicted octanol–water partition coefficient (Wildman–Crippen LogP) is 4.07. The number of benzene rings is 1. The van der Waals surface area contributed by atoms with Crippen molar-refractivity contribution >= 4 is 23.1 Å². The topological polar surface area (TPSA) is 76.5 Å². The lowest BCUT2D eigenvalue weighted by atomic mass is 9.87. The average Bonchev–Trinajstić information content (AvgIpc) is 3.07. The number of aliphatic carboxylic acids is 1. The molecule has 0 bridgehead atoms. The molecule has 1 heterocycles. The second kappa shape index (κ2) is 8.76. The summed E-state index contributed by atoms with van der Waals surface area (Å²) in [6.45, 7) is 3.81. The van der Waals surface area contributed by atoms with Gasteiger partial charge in [0.1, 0.15) is 16.5 Å². The van der Waals surface area contributed by atoms with E-state index in [1.165, 1.54) is 11.3 Å². The summed E-state index contributed by atoms with van der Waals surface area (Å²) in [6, 6.07) is 7.58. The largest absolute Gasteiger partial charge is 0.497 e. The molecule has 2 atom stereocenters.